The largest absolute Gasteiger partial charge is 0.483 e. The zero-order valence-electron chi connectivity index (χ0n) is 24.0. The maximum Gasteiger partial charge on any atom is 0.419 e. The van der Waals surface area contributed by atoms with E-state index in [2.05, 4.69) is 5.32 Å². The van der Waals surface area contributed by atoms with Crippen LogP contribution >= 0.6 is 0 Å². The number of nitro groups is 1. The highest BCUT2D eigenvalue weighted by Crippen LogP contribution is 2.31. The Morgan fingerprint density at radius 2 is 1.17 bits per heavy atom. The van der Waals surface area contributed by atoms with Crippen LogP contribution in [0.25, 0.3) is 21.5 Å². The van der Waals surface area contributed by atoms with Crippen molar-refractivity contribution in [1.82, 2.24) is 0 Å². The van der Waals surface area contributed by atoms with E-state index in [-0.39, 0.29) is 24.5 Å². The van der Waals surface area contributed by atoms with Gasteiger partial charge < -0.3 is 31.4 Å². The molecule has 0 unspecified atom stereocenters. The van der Waals surface area contributed by atoms with Gasteiger partial charge >= 0.3 is 12.1 Å². The van der Waals surface area contributed by atoms with Crippen molar-refractivity contribution in [3.63, 3.8) is 0 Å². The number of carbonyl (C=O) groups excluding carboxylic acids is 4. The molecule has 5 aromatic rings. The minimum atomic E-state index is -1.03. The number of nitrogen functional groups attached to an aromatic ring is 1. The molecule has 0 bridgehead atoms. The molecule has 0 saturated heterocycles. The monoisotopic (exact) mass is 625 g/mol. The zero-order valence-corrected chi connectivity index (χ0v) is 24.0. The average molecular weight is 626 g/mol. The number of nitrogens with two attached hydrogens (primary N) is 3. The van der Waals surface area contributed by atoms with Crippen molar-refractivity contribution in [2.45, 2.75) is 0 Å². The van der Waals surface area contributed by atoms with Gasteiger partial charge in [0, 0.05) is 39.4 Å². The minimum absolute atomic E-state index is 0.0178. The third kappa shape index (κ3) is 8.23. The molecular weight excluding hydrogens is 598 g/mol. The summed E-state index contributed by atoms with van der Waals surface area (Å²) in [5.41, 5.74) is 16.8. The summed E-state index contributed by atoms with van der Waals surface area (Å²) in [6.07, 6.45) is -1.03. The summed E-state index contributed by atoms with van der Waals surface area (Å²) in [6.45, 7) is -0.434. The number of non-ortho nitro benzene ring substituents is 1. The molecule has 0 aromatic heterocycles. The van der Waals surface area contributed by atoms with Crippen LogP contribution in [0.3, 0.4) is 0 Å². The van der Waals surface area contributed by atoms with Crippen molar-refractivity contribution < 1.29 is 38.3 Å². The van der Waals surface area contributed by atoms with Gasteiger partial charge in [-0.15, -0.1) is 0 Å². The number of benzene rings is 5. The van der Waals surface area contributed by atoms with E-state index in [1.54, 1.807) is 42.5 Å². The third-order valence-corrected chi connectivity index (χ3v) is 6.27. The number of hydrogen-bond acceptors (Lipinski definition) is 10. The van der Waals surface area contributed by atoms with Crippen LogP contribution in [0, 0.1) is 10.1 Å². The number of esters is 1. The Labute approximate surface area is 260 Å². The predicted octanol–water partition coefficient (Wildman–Crippen LogP) is 4.29. The van der Waals surface area contributed by atoms with Gasteiger partial charge in [-0.2, -0.15) is 0 Å². The van der Waals surface area contributed by atoms with E-state index in [0.717, 1.165) is 22.9 Å². The SMILES string of the molecule is NC(=O)COc1cccc2c(N)cccc12.NC(=O)COc1cccc2c(NC(=O)OC(=O)c3ccc([N+](=O)[O-])cc3)cccc12. The van der Waals surface area contributed by atoms with E-state index >= 15 is 0 Å². The van der Waals surface area contributed by atoms with E-state index in [4.69, 9.17) is 31.4 Å². The first-order chi connectivity index (χ1) is 22.0. The number of amides is 3. The highest BCUT2D eigenvalue weighted by molar-refractivity contribution is 6.06. The molecule has 14 nitrogen and oxygen atoms in total. The van der Waals surface area contributed by atoms with Gasteiger partial charge in [-0.1, -0.05) is 48.5 Å². The lowest BCUT2D eigenvalue weighted by atomic mass is 10.1. The number of hydrogen-bond donors (Lipinski definition) is 4. The molecule has 0 aliphatic heterocycles. The van der Waals surface area contributed by atoms with Crippen LogP contribution in [0.4, 0.5) is 21.9 Å². The topological polar surface area (TPSA) is 229 Å². The van der Waals surface area contributed by atoms with Crippen molar-refractivity contribution in [3.05, 3.63) is 113 Å². The van der Waals surface area contributed by atoms with E-state index in [1.807, 2.05) is 30.3 Å². The summed E-state index contributed by atoms with van der Waals surface area (Å²) in [7, 11) is 0. The average Bonchev–Trinajstić information content (AvgIpc) is 3.03. The third-order valence-electron chi connectivity index (χ3n) is 6.27. The maximum absolute atomic E-state index is 12.2. The number of primary amides is 2. The standard InChI is InChI=1S/C20H15N3O7.C12H12N2O2/c21-18(24)11-29-17-6-2-3-14-15(17)4-1-5-16(14)22-20(26)30-19(25)12-7-9-13(10-8-12)23(27)28;13-10-5-1-4-9-8(10)3-2-6-11(9)16-7-12(14)15/h1-10H,11H2,(H2,21,24)(H,22,26);1-6H,7,13H2,(H2,14,15). The van der Waals surface area contributed by atoms with Crippen LogP contribution in [0.15, 0.2) is 97.1 Å². The molecule has 5 rings (SSSR count). The maximum atomic E-state index is 12.2. The van der Waals surface area contributed by atoms with Gasteiger partial charge in [0.2, 0.25) is 0 Å². The number of rotatable bonds is 9. The molecule has 0 radical (unpaired) electrons. The number of fused-ring (bicyclic) bond motifs is 2. The van der Waals surface area contributed by atoms with Crippen LogP contribution in [-0.4, -0.2) is 42.0 Å². The van der Waals surface area contributed by atoms with Crippen molar-refractivity contribution in [3.8, 4) is 11.5 Å². The number of ether oxygens (including phenoxy) is 3. The molecule has 7 N–H and O–H groups in total. The van der Waals surface area contributed by atoms with Crippen LogP contribution in [-0.2, 0) is 14.3 Å². The fourth-order valence-corrected chi connectivity index (χ4v) is 4.24. The molecular formula is C32H27N5O9. The molecule has 14 heteroatoms. The van der Waals surface area contributed by atoms with Crippen molar-refractivity contribution in [2.24, 2.45) is 11.5 Å². The lowest BCUT2D eigenvalue weighted by molar-refractivity contribution is -0.384. The van der Waals surface area contributed by atoms with Gasteiger partial charge in [0.05, 0.1) is 16.2 Å². The van der Waals surface area contributed by atoms with Crippen molar-refractivity contribution in [2.75, 3.05) is 24.3 Å². The second-order valence-electron chi connectivity index (χ2n) is 9.47. The summed E-state index contributed by atoms with van der Waals surface area (Å²) in [4.78, 5) is 55.9. The van der Waals surface area contributed by atoms with Gasteiger partial charge in [0.25, 0.3) is 17.5 Å². The lowest BCUT2D eigenvalue weighted by Crippen LogP contribution is -2.20. The molecule has 0 spiro atoms. The second-order valence-corrected chi connectivity index (χ2v) is 9.47. The molecule has 0 atom stereocenters. The molecule has 0 saturated carbocycles. The quantitative estimate of drug-likeness (QED) is 0.0597. The molecule has 0 fully saturated rings. The Morgan fingerprint density at radius 1 is 0.674 bits per heavy atom. The first-order valence-electron chi connectivity index (χ1n) is 13.4. The number of carbonyl (C=O) groups is 4. The van der Waals surface area contributed by atoms with Gasteiger partial charge in [0.15, 0.2) is 13.2 Å². The molecule has 0 heterocycles. The Bertz CT molecular complexity index is 1940. The van der Waals surface area contributed by atoms with E-state index in [1.165, 1.54) is 12.1 Å². The summed E-state index contributed by atoms with van der Waals surface area (Å²) >= 11 is 0. The van der Waals surface area contributed by atoms with Gasteiger partial charge in [0.1, 0.15) is 11.5 Å². The van der Waals surface area contributed by atoms with Gasteiger partial charge in [-0.05, 0) is 36.4 Å². The molecule has 0 aliphatic rings. The molecule has 234 valence electrons. The van der Waals surface area contributed by atoms with Crippen LogP contribution in [0.2, 0.25) is 0 Å². The highest BCUT2D eigenvalue weighted by Gasteiger charge is 2.16. The van der Waals surface area contributed by atoms with E-state index in [0.29, 0.717) is 33.6 Å². The van der Waals surface area contributed by atoms with Crippen LogP contribution < -0.4 is 32.0 Å². The Kier molecular flexibility index (Phi) is 10.3. The van der Waals surface area contributed by atoms with Gasteiger partial charge in [-0.25, -0.2) is 9.59 Å². The lowest BCUT2D eigenvalue weighted by Gasteiger charge is -2.12. The molecule has 5 aromatic carbocycles. The Balaban J connectivity index is 0.000000252. The zero-order chi connectivity index (χ0) is 33.2. The normalized spacial score (nSPS) is 10.3. The summed E-state index contributed by atoms with van der Waals surface area (Å²) in [6, 6.07) is 25.7. The number of anilines is 2. The molecule has 46 heavy (non-hydrogen) atoms. The summed E-state index contributed by atoms with van der Waals surface area (Å²) in [5.74, 6) is -1.09. The Hall–Kier alpha value is -6.70. The van der Waals surface area contributed by atoms with Crippen LogP contribution in [0.5, 0.6) is 11.5 Å². The van der Waals surface area contributed by atoms with E-state index < -0.39 is 28.8 Å². The summed E-state index contributed by atoms with van der Waals surface area (Å²) in [5, 5.41) is 16.1. The predicted molar refractivity (Wildman–Crippen MR) is 169 cm³/mol. The minimum Gasteiger partial charge on any atom is -0.483 e. The Morgan fingerprint density at radius 3 is 1.74 bits per heavy atom. The highest BCUT2D eigenvalue weighted by atomic mass is 16.6. The van der Waals surface area contributed by atoms with Crippen LogP contribution in [0.1, 0.15) is 10.4 Å². The fraction of sp³-hybridized carbons (Fsp3) is 0.0625. The number of nitro benzene ring substituents is 1. The first-order valence-corrected chi connectivity index (χ1v) is 13.4. The summed E-state index contributed by atoms with van der Waals surface area (Å²) < 4.78 is 15.4. The first kappa shape index (κ1) is 32.2. The fourth-order valence-electron chi connectivity index (χ4n) is 4.24. The van der Waals surface area contributed by atoms with Gasteiger partial charge in [-0.3, -0.25) is 25.0 Å². The number of nitrogens with one attached hydrogen (secondary N) is 1. The molecule has 3 amide bonds. The second kappa shape index (κ2) is 14.7. The smallest absolute Gasteiger partial charge is 0.419 e. The van der Waals surface area contributed by atoms with Crippen molar-refractivity contribution >= 4 is 62.5 Å². The molecule has 0 aliphatic carbocycles. The van der Waals surface area contributed by atoms with Crippen molar-refractivity contribution in [1.29, 1.82) is 0 Å². The van der Waals surface area contributed by atoms with E-state index in [9.17, 15) is 29.3 Å². The number of nitrogens with zero attached hydrogens (tertiary/aromatic N) is 1.